The van der Waals surface area contributed by atoms with Gasteiger partial charge in [0, 0.05) is 30.7 Å². The summed E-state index contributed by atoms with van der Waals surface area (Å²) in [5.41, 5.74) is 0.867. The van der Waals surface area contributed by atoms with E-state index in [4.69, 9.17) is 5.11 Å². The fourth-order valence-electron chi connectivity index (χ4n) is 1.39. The molecule has 0 unspecified atom stereocenters. The smallest absolute Gasteiger partial charge is 0.305 e. The van der Waals surface area contributed by atoms with Crippen LogP contribution in [-0.2, 0) is 4.79 Å². The van der Waals surface area contributed by atoms with Crippen molar-refractivity contribution in [3.8, 4) is 11.4 Å². The van der Waals surface area contributed by atoms with E-state index in [-0.39, 0.29) is 6.42 Å². The van der Waals surface area contributed by atoms with Crippen molar-refractivity contribution < 1.29 is 9.90 Å². The zero-order valence-electron chi connectivity index (χ0n) is 9.58. The van der Waals surface area contributed by atoms with Crippen LogP contribution in [0.2, 0.25) is 0 Å². The number of carboxylic acids is 1. The second-order valence-corrected chi connectivity index (χ2v) is 3.57. The predicted octanol–water partition coefficient (Wildman–Crippen LogP) is 1.43. The van der Waals surface area contributed by atoms with Crippen LogP contribution in [0.15, 0.2) is 36.8 Å². The number of nitrogens with one attached hydrogen (secondary N) is 1. The summed E-state index contributed by atoms with van der Waals surface area (Å²) in [5, 5.41) is 11.5. The summed E-state index contributed by atoms with van der Waals surface area (Å²) in [7, 11) is 0. The summed E-state index contributed by atoms with van der Waals surface area (Å²) in [6, 6.07) is 5.33. The first-order valence-electron chi connectivity index (χ1n) is 5.45. The molecular formula is C12H12N4O2. The number of pyridine rings is 1. The average molecular weight is 244 g/mol. The molecule has 0 spiro atoms. The molecule has 6 nitrogen and oxygen atoms in total. The summed E-state index contributed by atoms with van der Waals surface area (Å²) in [4.78, 5) is 22.8. The Bertz CT molecular complexity index is 531. The van der Waals surface area contributed by atoms with Crippen LogP contribution in [0.1, 0.15) is 6.42 Å². The van der Waals surface area contributed by atoms with E-state index in [0.717, 1.165) is 5.56 Å². The fraction of sp³-hybridized carbons (Fsp3) is 0.167. The molecule has 0 aliphatic heterocycles. The number of carboxylic acid groups (broad SMARTS) is 1. The third-order valence-electron chi connectivity index (χ3n) is 2.24. The fourth-order valence-corrected chi connectivity index (χ4v) is 1.39. The van der Waals surface area contributed by atoms with Gasteiger partial charge in [0.25, 0.3) is 0 Å². The van der Waals surface area contributed by atoms with Crippen molar-refractivity contribution in [3.05, 3.63) is 36.8 Å². The number of carbonyl (C=O) groups is 1. The highest BCUT2D eigenvalue weighted by Gasteiger charge is 2.02. The van der Waals surface area contributed by atoms with Crippen molar-refractivity contribution >= 4 is 11.8 Å². The van der Waals surface area contributed by atoms with Gasteiger partial charge in [-0.2, -0.15) is 0 Å². The molecular weight excluding hydrogens is 232 g/mol. The molecule has 2 N–H and O–H groups in total. The lowest BCUT2D eigenvalue weighted by atomic mass is 10.2. The van der Waals surface area contributed by atoms with Crippen LogP contribution in [0.5, 0.6) is 0 Å². The lowest BCUT2D eigenvalue weighted by Crippen LogP contribution is -2.09. The molecule has 0 aliphatic carbocycles. The maximum Gasteiger partial charge on any atom is 0.305 e. The topological polar surface area (TPSA) is 88.0 Å². The number of hydrogen-bond acceptors (Lipinski definition) is 5. The average Bonchev–Trinajstić information content (AvgIpc) is 2.40. The van der Waals surface area contributed by atoms with Gasteiger partial charge in [0.15, 0.2) is 5.82 Å². The van der Waals surface area contributed by atoms with Crippen molar-refractivity contribution in [2.24, 2.45) is 0 Å². The third kappa shape index (κ3) is 3.24. The molecule has 0 bridgehead atoms. The van der Waals surface area contributed by atoms with Crippen LogP contribution < -0.4 is 5.32 Å². The molecule has 2 rings (SSSR count). The lowest BCUT2D eigenvalue weighted by molar-refractivity contribution is -0.136. The standard InChI is InChI=1S/C12H12N4O2/c17-11(18)4-8-14-10-3-7-15-12(16-10)9-1-5-13-6-2-9/h1-3,5-7H,4,8H2,(H,17,18)(H,14,15,16). The van der Waals surface area contributed by atoms with Gasteiger partial charge in [0.05, 0.1) is 6.42 Å². The van der Waals surface area contributed by atoms with Crippen molar-refractivity contribution in [3.63, 3.8) is 0 Å². The Balaban J connectivity index is 2.08. The van der Waals surface area contributed by atoms with Crippen molar-refractivity contribution in [2.45, 2.75) is 6.42 Å². The van der Waals surface area contributed by atoms with E-state index in [0.29, 0.717) is 18.2 Å². The quantitative estimate of drug-likeness (QED) is 0.827. The largest absolute Gasteiger partial charge is 0.481 e. The minimum absolute atomic E-state index is 0.0502. The Hall–Kier alpha value is -2.50. The van der Waals surface area contributed by atoms with Gasteiger partial charge in [0.1, 0.15) is 5.82 Å². The first-order valence-corrected chi connectivity index (χ1v) is 5.45. The zero-order chi connectivity index (χ0) is 12.8. The Morgan fingerprint density at radius 3 is 2.72 bits per heavy atom. The highest BCUT2D eigenvalue weighted by molar-refractivity contribution is 5.67. The summed E-state index contributed by atoms with van der Waals surface area (Å²) >= 11 is 0. The van der Waals surface area contributed by atoms with Gasteiger partial charge >= 0.3 is 5.97 Å². The van der Waals surface area contributed by atoms with E-state index >= 15 is 0 Å². The summed E-state index contributed by atoms with van der Waals surface area (Å²) < 4.78 is 0. The minimum atomic E-state index is -0.842. The van der Waals surface area contributed by atoms with Crippen LogP contribution in [0.25, 0.3) is 11.4 Å². The third-order valence-corrected chi connectivity index (χ3v) is 2.24. The van der Waals surface area contributed by atoms with Crippen LogP contribution in [-0.4, -0.2) is 32.6 Å². The Kier molecular flexibility index (Phi) is 3.80. The van der Waals surface area contributed by atoms with Gasteiger partial charge in [-0.15, -0.1) is 0 Å². The molecule has 0 amide bonds. The van der Waals surface area contributed by atoms with E-state index < -0.39 is 5.97 Å². The minimum Gasteiger partial charge on any atom is -0.481 e. The maximum atomic E-state index is 10.4. The van der Waals surface area contributed by atoms with Crippen molar-refractivity contribution in [2.75, 3.05) is 11.9 Å². The van der Waals surface area contributed by atoms with Gasteiger partial charge in [-0.3, -0.25) is 9.78 Å². The van der Waals surface area contributed by atoms with Gasteiger partial charge in [0.2, 0.25) is 0 Å². The summed E-state index contributed by atoms with van der Waals surface area (Å²) in [6.07, 6.45) is 5.02. The van der Waals surface area contributed by atoms with Gasteiger partial charge in [-0.25, -0.2) is 9.97 Å². The second-order valence-electron chi connectivity index (χ2n) is 3.57. The van der Waals surface area contributed by atoms with Crippen LogP contribution in [0.3, 0.4) is 0 Å². The first kappa shape index (κ1) is 12.0. The van der Waals surface area contributed by atoms with Gasteiger partial charge in [-0.05, 0) is 18.2 Å². The Labute approximate surface area is 104 Å². The van der Waals surface area contributed by atoms with E-state index in [1.54, 1.807) is 24.7 Å². The first-order chi connectivity index (χ1) is 8.75. The number of hydrogen-bond donors (Lipinski definition) is 2. The molecule has 0 aromatic carbocycles. The zero-order valence-corrected chi connectivity index (χ0v) is 9.58. The maximum absolute atomic E-state index is 10.4. The molecule has 2 aromatic heterocycles. The van der Waals surface area contributed by atoms with E-state index in [9.17, 15) is 4.79 Å². The monoisotopic (exact) mass is 244 g/mol. The molecule has 2 aromatic rings. The van der Waals surface area contributed by atoms with Gasteiger partial charge in [-0.1, -0.05) is 0 Å². The molecule has 6 heteroatoms. The van der Waals surface area contributed by atoms with E-state index in [2.05, 4.69) is 20.3 Å². The molecule has 0 saturated carbocycles. The molecule has 0 atom stereocenters. The highest BCUT2D eigenvalue weighted by atomic mass is 16.4. The number of aromatic nitrogens is 3. The Morgan fingerprint density at radius 1 is 1.22 bits per heavy atom. The second kappa shape index (κ2) is 5.72. The van der Waals surface area contributed by atoms with Crippen LogP contribution in [0.4, 0.5) is 5.82 Å². The predicted molar refractivity (Wildman–Crippen MR) is 66.0 cm³/mol. The normalized spacial score (nSPS) is 10.0. The summed E-state index contributed by atoms with van der Waals surface area (Å²) in [5.74, 6) is 0.349. The number of aliphatic carboxylic acids is 1. The van der Waals surface area contributed by atoms with E-state index in [1.807, 2.05) is 12.1 Å². The SMILES string of the molecule is O=C(O)CCNc1ccnc(-c2ccncc2)n1. The molecule has 2 heterocycles. The molecule has 0 fully saturated rings. The molecule has 92 valence electrons. The molecule has 18 heavy (non-hydrogen) atoms. The van der Waals surface area contributed by atoms with E-state index in [1.165, 1.54) is 0 Å². The highest BCUT2D eigenvalue weighted by Crippen LogP contribution is 2.14. The van der Waals surface area contributed by atoms with Gasteiger partial charge < -0.3 is 10.4 Å². The molecule has 0 radical (unpaired) electrons. The summed E-state index contributed by atoms with van der Waals surface area (Å²) in [6.45, 7) is 0.335. The van der Waals surface area contributed by atoms with Crippen LogP contribution in [0, 0.1) is 0 Å². The lowest BCUT2D eigenvalue weighted by Gasteiger charge is -2.05. The number of nitrogens with zero attached hydrogens (tertiary/aromatic N) is 3. The van der Waals surface area contributed by atoms with Crippen molar-refractivity contribution in [1.82, 2.24) is 15.0 Å². The number of rotatable bonds is 5. The number of anilines is 1. The molecule has 0 saturated heterocycles. The Morgan fingerprint density at radius 2 is 2.00 bits per heavy atom. The van der Waals surface area contributed by atoms with Crippen LogP contribution >= 0.6 is 0 Å². The van der Waals surface area contributed by atoms with Crippen molar-refractivity contribution in [1.29, 1.82) is 0 Å². The molecule has 0 aliphatic rings.